The van der Waals surface area contributed by atoms with E-state index in [4.69, 9.17) is 0 Å². The smallest absolute Gasteiger partial charge is 0.262 e. The lowest BCUT2D eigenvalue weighted by atomic mass is 9.96. The van der Waals surface area contributed by atoms with Gasteiger partial charge in [-0.25, -0.2) is 8.78 Å². The predicted octanol–water partition coefficient (Wildman–Crippen LogP) is 1.60. The molecule has 1 unspecified atom stereocenters. The molecule has 2 nitrogen and oxygen atoms in total. The van der Waals surface area contributed by atoms with Crippen LogP contribution in [0.4, 0.5) is 8.78 Å². The van der Waals surface area contributed by atoms with Crippen LogP contribution in [0.3, 0.4) is 0 Å². The van der Waals surface area contributed by atoms with E-state index in [1.807, 2.05) is 6.92 Å². The van der Waals surface area contributed by atoms with E-state index in [1.54, 1.807) is 6.92 Å². The summed E-state index contributed by atoms with van der Waals surface area (Å²) < 4.78 is 25.4. The van der Waals surface area contributed by atoms with E-state index in [0.29, 0.717) is 6.42 Å². The predicted molar refractivity (Wildman–Crippen MR) is 45.8 cm³/mol. The summed E-state index contributed by atoms with van der Waals surface area (Å²) in [6, 6.07) is -0.634. The van der Waals surface area contributed by atoms with Crippen LogP contribution in [-0.4, -0.2) is 24.3 Å². The molecule has 0 aromatic carbocycles. The van der Waals surface area contributed by atoms with Crippen LogP contribution in [0.5, 0.6) is 0 Å². The van der Waals surface area contributed by atoms with Gasteiger partial charge in [0.05, 0.1) is 12.6 Å². The van der Waals surface area contributed by atoms with Crippen molar-refractivity contribution < 1.29 is 13.6 Å². The summed E-state index contributed by atoms with van der Waals surface area (Å²) in [6.45, 7) is 3.30. The zero-order valence-corrected chi connectivity index (χ0v) is 7.94. The van der Waals surface area contributed by atoms with E-state index in [1.165, 1.54) is 0 Å². The number of alkyl halides is 2. The highest BCUT2D eigenvalue weighted by Crippen LogP contribution is 2.27. The molecule has 0 amide bonds. The molecule has 0 bridgehead atoms. The molecule has 0 saturated carbocycles. The monoisotopic (exact) mass is 191 g/mol. The Labute approximate surface area is 76.7 Å². The van der Waals surface area contributed by atoms with Gasteiger partial charge >= 0.3 is 0 Å². The van der Waals surface area contributed by atoms with Crippen molar-refractivity contribution in [3.05, 3.63) is 0 Å². The minimum Gasteiger partial charge on any atom is -0.302 e. The third kappa shape index (κ3) is 2.46. The molecule has 4 heteroatoms. The van der Waals surface area contributed by atoms with Gasteiger partial charge in [-0.05, 0) is 6.42 Å². The number of hydrogen-bond acceptors (Lipinski definition) is 2. The first-order valence-electron chi connectivity index (χ1n) is 4.61. The Kier molecular flexibility index (Phi) is 3.01. The van der Waals surface area contributed by atoms with Crippen molar-refractivity contribution in [2.45, 2.75) is 38.7 Å². The molecule has 0 radical (unpaired) electrons. The Morgan fingerprint density at radius 2 is 2.31 bits per heavy atom. The number of carbonyl (C=O) groups is 1. The van der Waals surface area contributed by atoms with E-state index in [2.05, 4.69) is 5.32 Å². The van der Waals surface area contributed by atoms with Crippen molar-refractivity contribution in [3.8, 4) is 0 Å². The van der Waals surface area contributed by atoms with Crippen LogP contribution in [0.2, 0.25) is 0 Å². The first-order valence-corrected chi connectivity index (χ1v) is 4.61. The van der Waals surface area contributed by atoms with Gasteiger partial charge in [0.1, 0.15) is 0 Å². The molecule has 0 spiro atoms. The number of carbonyl (C=O) groups excluding carboxylic acids is 1. The molecule has 76 valence electrons. The molecule has 0 aromatic rings. The lowest BCUT2D eigenvalue weighted by molar-refractivity contribution is -0.124. The van der Waals surface area contributed by atoms with Gasteiger partial charge in [-0.1, -0.05) is 13.8 Å². The second kappa shape index (κ2) is 3.70. The van der Waals surface area contributed by atoms with Crippen molar-refractivity contribution in [1.29, 1.82) is 0 Å². The van der Waals surface area contributed by atoms with Gasteiger partial charge in [0.25, 0.3) is 5.92 Å². The fourth-order valence-corrected chi connectivity index (χ4v) is 1.46. The van der Waals surface area contributed by atoms with Gasteiger partial charge < -0.3 is 5.32 Å². The Balaban J connectivity index is 2.51. The third-order valence-electron chi connectivity index (χ3n) is 2.55. The average molecular weight is 191 g/mol. The number of hydrogen-bond donors (Lipinski definition) is 1. The second-order valence-corrected chi connectivity index (χ2v) is 3.71. The fourth-order valence-electron chi connectivity index (χ4n) is 1.46. The van der Waals surface area contributed by atoms with E-state index in [-0.39, 0.29) is 24.7 Å². The summed E-state index contributed by atoms with van der Waals surface area (Å²) in [6.07, 6.45) is 0.374. The Bertz CT molecular complexity index is 206. The van der Waals surface area contributed by atoms with Gasteiger partial charge in [0.15, 0.2) is 5.78 Å². The van der Waals surface area contributed by atoms with E-state index in [9.17, 15) is 13.6 Å². The van der Waals surface area contributed by atoms with Crippen molar-refractivity contribution >= 4 is 5.78 Å². The normalized spacial score (nSPS) is 28.8. The van der Waals surface area contributed by atoms with Crippen LogP contribution in [0.15, 0.2) is 0 Å². The van der Waals surface area contributed by atoms with Gasteiger partial charge in [-0.3, -0.25) is 4.79 Å². The summed E-state index contributed by atoms with van der Waals surface area (Å²) in [5.41, 5.74) is 0. The standard InChI is InChI=1S/C9H15F2NO/c1-3-6(2)8(13)7-4-9(10,11)5-12-7/h6-7,12H,3-5H2,1-2H3/t6?,7-/m0/s1. The number of nitrogens with one attached hydrogen (secondary N) is 1. The number of ketones is 1. The highest BCUT2D eigenvalue weighted by Gasteiger charge is 2.42. The Morgan fingerprint density at radius 1 is 1.69 bits per heavy atom. The van der Waals surface area contributed by atoms with E-state index >= 15 is 0 Å². The van der Waals surface area contributed by atoms with Crippen LogP contribution in [0, 0.1) is 5.92 Å². The topological polar surface area (TPSA) is 29.1 Å². The Hall–Kier alpha value is -0.510. The summed E-state index contributed by atoms with van der Waals surface area (Å²) >= 11 is 0. The molecular weight excluding hydrogens is 176 g/mol. The fraction of sp³-hybridized carbons (Fsp3) is 0.889. The van der Waals surface area contributed by atoms with Crippen LogP contribution in [-0.2, 0) is 4.79 Å². The molecule has 1 N–H and O–H groups in total. The first-order chi connectivity index (χ1) is 5.96. The summed E-state index contributed by atoms with van der Waals surface area (Å²) in [7, 11) is 0. The summed E-state index contributed by atoms with van der Waals surface area (Å²) in [4.78, 5) is 11.5. The lowest BCUT2D eigenvalue weighted by Crippen LogP contribution is -2.34. The molecule has 2 atom stereocenters. The first kappa shape index (κ1) is 10.6. The number of halogens is 2. The number of Topliss-reactive ketones (excluding diaryl/α,β-unsaturated/α-hetero) is 1. The molecule has 13 heavy (non-hydrogen) atoms. The highest BCUT2D eigenvalue weighted by molar-refractivity contribution is 5.86. The molecule has 1 aliphatic heterocycles. The van der Waals surface area contributed by atoms with Crippen molar-refractivity contribution in [1.82, 2.24) is 5.32 Å². The van der Waals surface area contributed by atoms with Gasteiger partial charge in [-0.15, -0.1) is 0 Å². The molecule has 1 aliphatic rings. The molecule has 1 saturated heterocycles. The van der Waals surface area contributed by atoms with Gasteiger partial charge in [-0.2, -0.15) is 0 Å². The second-order valence-electron chi connectivity index (χ2n) is 3.71. The highest BCUT2D eigenvalue weighted by atomic mass is 19.3. The average Bonchev–Trinajstić information content (AvgIpc) is 2.43. The zero-order chi connectivity index (χ0) is 10.1. The molecule has 0 aliphatic carbocycles. The van der Waals surface area contributed by atoms with Gasteiger partial charge in [0, 0.05) is 12.3 Å². The number of rotatable bonds is 3. The maximum atomic E-state index is 12.7. The zero-order valence-electron chi connectivity index (χ0n) is 7.94. The van der Waals surface area contributed by atoms with Crippen LogP contribution in [0.25, 0.3) is 0 Å². The Morgan fingerprint density at radius 3 is 2.69 bits per heavy atom. The minimum absolute atomic E-state index is 0.0836. The minimum atomic E-state index is -2.70. The van der Waals surface area contributed by atoms with Crippen molar-refractivity contribution in [2.75, 3.05) is 6.54 Å². The summed E-state index contributed by atoms with van der Waals surface area (Å²) in [5, 5.41) is 2.56. The molecular formula is C9H15F2NO. The van der Waals surface area contributed by atoms with Crippen molar-refractivity contribution in [2.24, 2.45) is 5.92 Å². The van der Waals surface area contributed by atoms with Gasteiger partial charge in [0.2, 0.25) is 0 Å². The van der Waals surface area contributed by atoms with Crippen LogP contribution in [0.1, 0.15) is 26.7 Å². The maximum absolute atomic E-state index is 12.7. The van der Waals surface area contributed by atoms with E-state index < -0.39 is 12.0 Å². The molecule has 1 rings (SSSR count). The third-order valence-corrected chi connectivity index (χ3v) is 2.55. The largest absolute Gasteiger partial charge is 0.302 e. The molecule has 0 aromatic heterocycles. The van der Waals surface area contributed by atoms with Crippen LogP contribution >= 0.6 is 0 Å². The van der Waals surface area contributed by atoms with Crippen molar-refractivity contribution in [3.63, 3.8) is 0 Å². The molecule has 1 fully saturated rings. The molecule has 1 heterocycles. The quantitative estimate of drug-likeness (QED) is 0.734. The SMILES string of the molecule is CCC(C)C(=O)[C@@H]1CC(F)(F)CN1. The maximum Gasteiger partial charge on any atom is 0.262 e. The lowest BCUT2D eigenvalue weighted by Gasteiger charge is -2.13. The summed E-state index contributed by atoms with van der Waals surface area (Å²) in [5.74, 6) is -2.90. The van der Waals surface area contributed by atoms with Crippen LogP contribution < -0.4 is 5.32 Å². The van der Waals surface area contributed by atoms with E-state index in [0.717, 1.165) is 0 Å².